The molecule has 0 bridgehead atoms. The maximum Gasteiger partial charge on any atom is 0.397 e. The first-order valence-corrected chi connectivity index (χ1v) is 12.2. The number of hydrogen-bond acceptors (Lipinski definition) is 4. The van der Waals surface area contributed by atoms with E-state index in [2.05, 4.69) is 18.0 Å². The van der Waals surface area contributed by atoms with Crippen LogP contribution in [0.5, 0.6) is 0 Å². The third kappa shape index (κ3) is 31.6. The summed E-state index contributed by atoms with van der Waals surface area (Å²) in [4.78, 5) is 0. The van der Waals surface area contributed by atoms with Crippen LogP contribution in [0.15, 0.2) is 0 Å². The molecule has 0 aliphatic rings. The van der Waals surface area contributed by atoms with Crippen LogP contribution in [0.3, 0.4) is 0 Å². The van der Waals surface area contributed by atoms with E-state index in [1.807, 2.05) is 0 Å². The monoisotopic (exact) mass is 395 g/mol. The van der Waals surface area contributed by atoms with Gasteiger partial charge in [0.1, 0.15) is 0 Å². The molecule has 6 heteroatoms. The van der Waals surface area contributed by atoms with Crippen molar-refractivity contribution in [3.05, 3.63) is 0 Å². The average molecular weight is 396 g/mol. The third-order valence-corrected chi connectivity index (χ3v) is 4.75. The molecular formula is C20H45NO4S. The summed E-state index contributed by atoms with van der Waals surface area (Å²) in [5.41, 5.74) is 5.39. The van der Waals surface area contributed by atoms with Crippen LogP contribution in [0.2, 0.25) is 0 Å². The smallest absolute Gasteiger partial charge is 0.330 e. The van der Waals surface area contributed by atoms with E-state index in [1.165, 1.54) is 83.5 Å². The Bertz CT molecular complexity index is 340. The predicted octanol–water partition coefficient (Wildman–Crippen LogP) is 6.03. The summed E-state index contributed by atoms with van der Waals surface area (Å²) in [7, 11) is -4.23. The van der Waals surface area contributed by atoms with Crippen LogP contribution in [0.1, 0.15) is 117 Å². The fraction of sp³-hybridized carbons (Fsp3) is 1.00. The summed E-state index contributed by atoms with van der Waals surface area (Å²) >= 11 is 0. The minimum atomic E-state index is -4.23. The van der Waals surface area contributed by atoms with E-state index in [1.54, 1.807) is 0 Å². The highest BCUT2D eigenvalue weighted by molar-refractivity contribution is 7.80. The highest BCUT2D eigenvalue weighted by Gasteiger charge is 2.02. The van der Waals surface area contributed by atoms with E-state index >= 15 is 0 Å². The lowest BCUT2D eigenvalue weighted by Gasteiger charge is -2.01. The van der Waals surface area contributed by atoms with Crippen LogP contribution in [0.25, 0.3) is 0 Å². The fourth-order valence-corrected chi connectivity index (χ4v) is 3.01. The van der Waals surface area contributed by atoms with Crippen molar-refractivity contribution < 1.29 is 17.2 Å². The summed E-state index contributed by atoms with van der Waals surface area (Å²) in [6.45, 7) is 5.41. The maximum atomic E-state index is 10.2. The molecule has 0 saturated carbocycles. The van der Waals surface area contributed by atoms with Gasteiger partial charge in [0, 0.05) is 0 Å². The third-order valence-electron chi connectivity index (χ3n) is 4.29. The van der Waals surface area contributed by atoms with Gasteiger partial charge in [-0.2, -0.15) is 8.42 Å². The molecule has 0 aromatic carbocycles. The molecule has 0 spiro atoms. The lowest BCUT2D eigenvalue weighted by atomic mass is 10.1. The zero-order valence-corrected chi connectivity index (χ0v) is 18.2. The molecule has 0 fully saturated rings. The van der Waals surface area contributed by atoms with Gasteiger partial charge in [-0.05, 0) is 19.4 Å². The summed E-state index contributed by atoms with van der Waals surface area (Å²) < 4.78 is 32.8. The molecule has 160 valence electrons. The summed E-state index contributed by atoms with van der Waals surface area (Å²) in [5, 5.41) is 0. The Morgan fingerprint density at radius 2 is 1.00 bits per heavy atom. The normalized spacial score (nSPS) is 11.2. The molecule has 3 N–H and O–H groups in total. The zero-order chi connectivity index (χ0) is 19.9. The lowest BCUT2D eigenvalue weighted by molar-refractivity contribution is 0.261. The van der Waals surface area contributed by atoms with Crippen LogP contribution in [0.4, 0.5) is 0 Å². The predicted molar refractivity (Wildman–Crippen MR) is 112 cm³/mol. The van der Waals surface area contributed by atoms with Crippen molar-refractivity contribution >= 4 is 10.4 Å². The minimum Gasteiger partial charge on any atom is -0.330 e. The topological polar surface area (TPSA) is 89.6 Å². The molecule has 0 amide bonds. The van der Waals surface area contributed by atoms with E-state index in [9.17, 15) is 8.42 Å². The second kappa shape index (κ2) is 22.9. The molecule has 0 rings (SSSR count). The highest BCUT2D eigenvalue weighted by Crippen LogP contribution is 2.09. The SMILES string of the molecule is CCCCCCCCCCN.CCCCCCCCCCOS(=O)(=O)O. The van der Waals surface area contributed by atoms with Gasteiger partial charge in [0.25, 0.3) is 0 Å². The summed E-state index contributed by atoms with van der Waals surface area (Å²) in [6.07, 6.45) is 20.0. The molecule has 0 aromatic heterocycles. The maximum absolute atomic E-state index is 10.2. The first-order valence-electron chi connectivity index (χ1n) is 10.8. The Labute approximate surface area is 163 Å². The van der Waals surface area contributed by atoms with E-state index in [0.717, 1.165) is 19.4 Å². The van der Waals surface area contributed by atoms with Gasteiger partial charge >= 0.3 is 10.4 Å². The van der Waals surface area contributed by atoms with Crippen molar-refractivity contribution in [1.29, 1.82) is 0 Å². The lowest BCUT2D eigenvalue weighted by Crippen LogP contribution is -2.04. The van der Waals surface area contributed by atoms with Crippen LogP contribution < -0.4 is 5.73 Å². The number of nitrogens with two attached hydrogens (primary N) is 1. The summed E-state index contributed by atoms with van der Waals surface area (Å²) in [5.74, 6) is 0. The molecule has 0 aliphatic heterocycles. The van der Waals surface area contributed by atoms with Crippen molar-refractivity contribution in [2.24, 2.45) is 5.73 Å². The quantitative estimate of drug-likeness (QED) is 0.218. The molecule has 0 aliphatic carbocycles. The molecule has 0 saturated heterocycles. The van der Waals surface area contributed by atoms with Gasteiger partial charge in [-0.1, -0.05) is 104 Å². The van der Waals surface area contributed by atoms with Crippen molar-refractivity contribution in [3.63, 3.8) is 0 Å². The number of rotatable bonds is 18. The van der Waals surface area contributed by atoms with Crippen LogP contribution in [-0.2, 0) is 14.6 Å². The molecule has 26 heavy (non-hydrogen) atoms. The van der Waals surface area contributed by atoms with Gasteiger partial charge in [0.15, 0.2) is 0 Å². The molecule has 0 unspecified atom stereocenters. The number of hydrogen-bond donors (Lipinski definition) is 2. The second-order valence-corrected chi connectivity index (χ2v) is 8.08. The van der Waals surface area contributed by atoms with Crippen molar-refractivity contribution in [1.82, 2.24) is 0 Å². The van der Waals surface area contributed by atoms with E-state index < -0.39 is 10.4 Å². The zero-order valence-electron chi connectivity index (χ0n) is 17.4. The van der Waals surface area contributed by atoms with Gasteiger partial charge in [-0.25, -0.2) is 4.18 Å². The molecule has 0 heterocycles. The average Bonchev–Trinajstić information content (AvgIpc) is 2.59. The Hall–Kier alpha value is -0.170. The minimum absolute atomic E-state index is 0.0911. The Morgan fingerprint density at radius 3 is 1.35 bits per heavy atom. The van der Waals surface area contributed by atoms with Gasteiger partial charge in [0.2, 0.25) is 0 Å². The second-order valence-electron chi connectivity index (χ2n) is 6.99. The van der Waals surface area contributed by atoms with Crippen LogP contribution in [-0.4, -0.2) is 26.1 Å². The van der Waals surface area contributed by atoms with Crippen molar-refractivity contribution in [3.8, 4) is 0 Å². The van der Waals surface area contributed by atoms with E-state index in [4.69, 9.17) is 10.3 Å². The van der Waals surface area contributed by atoms with E-state index in [0.29, 0.717) is 6.42 Å². The van der Waals surface area contributed by atoms with Crippen LogP contribution in [0, 0.1) is 0 Å². The standard InChI is InChI=1S/C10H23N.C10H22O4S/c1-2-3-4-5-6-7-8-9-10-11;1-2-3-4-5-6-7-8-9-10-14-15(11,12)13/h2-11H2,1H3;2-10H2,1H3,(H,11,12,13). The Kier molecular flexibility index (Phi) is 24.7. The Balaban J connectivity index is 0. The molecular weight excluding hydrogens is 350 g/mol. The van der Waals surface area contributed by atoms with Gasteiger partial charge < -0.3 is 5.73 Å². The van der Waals surface area contributed by atoms with Crippen molar-refractivity contribution in [2.75, 3.05) is 13.2 Å². The molecule has 5 nitrogen and oxygen atoms in total. The fourth-order valence-electron chi connectivity index (χ4n) is 2.68. The molecule has 0 aromatic rings. The highest BCUT2D eigenvalue weighted by atomic mass is 32.3. The molecule has 0 atom stereocenters. The Morgan fingerprint density at radius 1 is 0.654 bits per heavy atom. The summed E-state index contributed by atoms with van der Waals surface area (Å²) in [6, 6.07) is 0. The van der Waals surface area contributed by atoms with Gasteiger partial charge in [-0.15, -0.1) is 0 Å². The number of unbranched alkanes of at least 4 members (excludes halogenated alkanes) is 14. The first-order chi connectivity index (χ1) is 12.5. The van der Waals surface area contributed by atoms with Gasteiger partial charge in [-0.3, -0.25) is 4.55 Å². The van der Waals surface area contributed by atoms with Crippen molar-refractivity contribution in [2.45, 2.75) is 117 Å². The van der Waals surface area contributed by atoms with Gasteiger partial charge in [0.05, 0.1) is 6.61 Å². The largest absolute Gasteiger partial charge is 0.397 e. The van der Waals surface area contributed by atoms with E-state index in [-0.39, 0.29) is 6.61 Å². The first kappa shape index (κ1) is 28.0. The molecule has 0 radical (unpaired) electrons. The van der Waals surface area contributed by atoms with Crippen LogP contribution >= 0.6 is 0 Å².